The number of Topliss-reactive ketones (excluding diaryl/α,β-unsaturated/α-hetero) is 4. The number of methoxy groups -OCH3 is 10. The number of carbonyl (C=O) groups excluding carboxylic acids is 6. The Morgan fingerprint density at radius 2 is 0.660 bits per heavy atom. The van der Waals surface area contributed by atoms with E-state index in [1.807, 2.05) is 103 Å². The van der Waals surface area contributed by atoms with Crippen LogP contribution < -0.4 is 37.9 Å². The molecule has 0 radical (unpaired) electrons. The lowest BCUT2D eigenvalue weighted by Crippen LogP contribution is -2.47. The molecule has 2 spiro atoms. The van der Waals surface area contributed by atoms with Gasteiger partial charge in [-0.25, -0.2) is 0 Å². The molecule has 0 saturated heterocycles. The lowest BCUT2D eigenvalue weighted by molar-refractivity contribution is -0.143. The van der Waals surface area contributed by atoms with Crippen LogP contribution in [-0.4, -0.2) is 127 Å². The van der Waals surface area contributed by atoms with Crippen LogP contribution in [0.15, 0.2) is 352 Å². The highest BCUT2D eigenvalue weighted by Crippen LogP contribution is 2.59. The number of benzene rings is 15. The molecular weight excluding hydrogens is 1910 g/mol. The van der Waals surface area contributed by atoms with Crippen LogP contribution in [0.5, 0.6) is 57.5 Å². The molecule has 0 fully saturated rings. The van der Waals surface area contributed by atoms with Crippen molar-refractivity contribution in [1.82, 2.24) is 0 Å². The Labute approximate surface area is 863 Å². The third kappa shape index (κ3) is 20.2. The van der Waals surface area contributed by atoms with Gasteiger partial charge in [0.1, 0.15) is 79.6 Å². The summed E-state index contributed by atoms with van der Waals surface area (Å²) in [6.07, 6.45) is 9.82. The highest BCUT2D eigenvalue weighted by Gasteiger charge is 2.62. The smallest absolute Gasteiger partial charge is 0.324 e. The number of aromatic hydroxyl groups is 2. The maximum atomic E-state index is 14.0. The molecule has 0 saturated carbocycles. The second kappa shape index (κ2) is 44.7. The molecular formula is C126H113BrO20. The van der Waals surface area contributed by atoms with E-state index in [9.17, 15) is 48.9 Å². The number of phenolic OH excluding ortho intramolecular Hbond substituents is 2. The minimum Gasteiger partial charge on any atom is -0.508 e. The van der Waals surface area contributed by atoms with Crippen LogP contribution in [0.3, 0.4) is 0 Å². The number of ketones is 4. The van der Waals surface area contributed by atoms with E-state index in [0.29, 0.717) is 63.7 Å². The lowest BCUT2D eigenvalue weighted by atomic mass is 9.64. The van der Waals surface area contributed by atoms with Gasteiger partial charge in [-0.2, -0.15) is 0 Å². The fourth-order valence-electron chi connectivity index (χ4n) is 22.0. The van der Waals surface area contributed by atoms with Crippen LogP contribution >= 0.6 is 15.9 Å². The largest absolute Gasteiger partial charge is 0.508 e. The number of carbonyl (C=O) groups is 7. The third-order valence-corrected chi connectivity index (χ3v) is 29.8. The standard InChI is InChI=1S/C26H22O6.C25H24O4.C25H22O2.C23H18O2.C16H12O3.C10H11BrO3.CH4/c1-30-18-13-11-17(12-14-18)26(23(27)20-9-4-5-10-21(20)24(26)28)22(25(29)32-3)16-7-6-8-19(15-16)31-2;1-28-21-12-10-20(11-13-21)25(15-18-6-3-4-7-19(18)16-25)23(24(26)27)17-8-5-9-22(14-17)29-2;1-26-21-9-5-8-17(12-21)24-14-20-13-22(27-2)10-11-23(20)25(24)15-18-6-3-4-7-19(18)16-25;24-19-7-3-6-15(10-19)22-12-18-11-20(25)8-9-21(18)23(22)13-16-4-1-2-5-17(16)14-23;1-19-11-8-6-10(7-9-11)14-15(17)12-4-2-3-5-13(12)16(14)18;1-13-8-5-3-4-7(6-8)9(11)10(12)14-2;/h4-15,22H,1-3H3;3-14,23H,15-16H2,1-2H3,(H,26,27);3-14H,15-16H2,1-2H3;1-12,24-25H,13-14H2;2-9,14H,1H3;3-6,9H,1-2H3;1H4. The van der Waals surface area contributed by atoms with Gasteiger partial charge in [0.2, 0.25) is 0 Å². The molecule has 0 aromatic heterocycles. The molecule has 0 amide bonds. The molecule has 744 valence electrons. The fourth-order valence-corrected chi connectivity index (χ4v) is 22.4. The first-order valence-corrected chi connectivity index (χ1v) is 48.6. The summed E-state index contributed by atoms with van der Waals surface area (Å²) in [4.78, 5) is 89.3. The number of phenols is 2. The molecule has 20 nitrogen and oxygen atoms in total. The molecule has 15 aromatic carbocycles. The zero-order chi connectivity index (χ0) is 103. The van der Waals surface area contributed by atoms with E-state index < -0.39 is 56.9 Å². The monoisotopic (exact) mass is 2020 g/mol. The van der Waals surface area contributed by atoms with E-state index in [-0.39, 0.29) is 58.4 Å². The number of allylic oxidation sites excluding steroid dienone is 2. The molecule has 3 N–H and O–H groups in total. The number of ether oxygens (including phenoxy) is 10. The summed E-state index contributed by atoms with van der Waals surface area (Å²) in [5.41, 5.74) is 21.1. The number of fused-ring (bicyclic) bond motifs is 9. The molecule has 21 heteroatoms. The third-order valence-electron chi connectivity index (χ3n) is 28.9. The van der Waals surface area contributed by atoms with E-state index in [0.717, 1.165) is 76.5 Å². The summed E-state index contributed by atoms with van der Waals surface area (Å²) in [7, 11) is 15.5. The number of esters is 2. The Morgan fingerprint density at radius 3 is 1.09 bits per heavy atom. The molecule has 147 heavy (non-hydrogen) atoms. The number of hydrogen-bond donors (Lipinski definition) is 3. The highest BCUT2D eigenvalue weighted by molar-refractivity contribution is 9.09. The predicted octanol–water partition coefficient (Wildman–Crippen LogP) is 24.4. The Balaban J connectivity index is 0.000000128. The highest BCUT2D eigenvalue weighted by atomic mass is 79.9. The average molecular weight is 2030 g/mol. The molecule has 3 unspecified atom stereocenters. The van der Waals surface area contributed by atoms with Crippen LogP contribution in [0.1, 0.15) is 172 Å². The van der Waals surface area contributed by atoms with Crippen LogP contribution in [0, 0.1) is 0 Å². The topological polar surface area (TPSA) is 272 Å². The molecule has 0 aliphatic heterocycles. The first kappa shape index (κ1) is 103. The maximum Gasteiger partial charge on any atom is 0.324 e. The average Bonchev–Trinajstić information content (AvgIpc) is 1.55. The Bertz CT molecular complexity index is 7380. The summed E-state index contributed by atoms with van der Waals surface area (Å²) in [5.74, 6) is 0.674. The Hall–Kier alpha value is -16.7. The quantitative estimate of drug-likeness (QED) is 0.0342. The number of aliphatic carboxylic acids is 1. The second-order valence-electron chi connectivity index (χ2n) is 36.7. The zero-order valence-corrected chi connectivity index (χ0v) is 83.9. The number of carboxylic acid groups (broad SMARTS) is 1. The summed E-state index contributed by atoms with van der Waals surface area (Å²) in [6.45, 7) is 0. The van der Waals surface area contributed by atoms with Gasteiger partial charge in [0, 0.05) is 38.5 Å². The van der Waals surface area contributed by atoms with Crippen LogP contribution in [-0.2, 0) is 84.0 Å². The van der Waals surface area contributed by atoms with Crippen molar-refractivity contribution in [3.63, 3.8) is 0 Å². The maximum absolute atomic E-state index is 14.0. The molecule has 15 aromatic rings. The number of halogens is 1. The minimum atomic E-state index is -1.82. The van der Waals surface area contributed by atoms with Crippen molar-refractivity contribution in [2.75, 3.05) is 71.1 Å². The van der Waals surface area contributed by atoms with Gasteiger partial charge in [-0.1, -0.05) is 254 Å². The van der Waals surface area contributed by atoms with Crippen molar-refractivity contribution < 1.29 is 96.2 Å². The van der Waals surface area contributed by atoms with Crippen LogP contribution in [0.25, 0.3) is 23.3 Å². The molecule has 7 aliphatic carbocycles. The van der Waals surface area contributed by atoms with E-state index in [4.69, 9.17) is 42.6 Å². The van der Waals surface area contributed by atoms with Crippen molar-refractivity contribution in [3.05, 3.63) is 474 Å². The van der Waals surface area contributed by atoms with Crippen molar-refractivity contribution in [2.24, 2.45) is 0 Å². The molecule has 3 atom stereocenters. The summed E-state index contributed by atoms with van der Waals surface area (Å²) < 4.78 is 52.1. The minimum absolute atomic E-state index is 0. The van der Waals surface area contributed by atoms with Gasteiger partial charge in [-0.15, -0.1) is 0 Å². The number of alkyl halides is 1. The van der Waals surface area contributed by atoms with Gasteiger partial charge in [0.05, 0.1) is 77.0 Å². The number of carboxylic acids is 1. The van der Waals surface area contributed by atoms with Gasteiger partial charge in [0.15, 0.2) is 23.1 Å². The lowest BCUT2D eigenvalue weighted by Gasteiger charge is -2.36. The van der Waals surface area contributed by atoms with Gasteiger partial charge in [0.25, 0.3) is 0 Å². The summed E-state index contributed by atoms with van der Waals surface area (Å²) >= 11 is 3.24. The SMILES string of the molecule is C.COC(=O)C(Br)c1cccc(OC)c1.COC(=O)C(c1cccc(OC)c1)C1(c2ccc(OC)cc2)C(=O)c2ccccc2C1=O.COc1ccc(C2(C(C(=O)O)c3cccc(OC)c3)Cc3ccccc3C2)cc1.COc1ccc(C2C(=O)c3ccccc3C2=O)cc1.COc1cccc(C2=Cc3cc(OC)ccc3C23Cc2ccccc2C3)c1.Oc1cccc(C2=Cc3cc(O)ccc3C23Cc2ccccc2C3)c1. The number of rotatable bonds is 21. The summed E-state index contributed by atoms with van der Waals surface area (Å²) in [5, 5.41) is 30.3. The van der Waals surface area contributed by atoms with Gasteiger partial charge >= 0.3 is 17.9 Å². The first-order chi connectivity index (χ1) is 70.8. The van der Waals surface area contributed by atoms with Crippen molar-refractivity contribution in [3.8, 4) is 57.5 Å². The van der Waals surface area contributed by atoms with Gasteiger partial charge in [-0.3, -0.25) is 33.6 Å². The van der Waals surface area contributed by atoms with Crippen molar-refractivity contribution >= 4 is 80.3 Å². The fraction of sp³-hybridized carbons (Fsp3) is 0.198. The number of hydrogen-bond acceptors (Lipinski definition) is 19. The van der Waals surface area contributed by atoms with Crippen LogP contribution in [0.2, 0.25) is 0 Å². The zero-order valence-electron chi connectivity index (χ0n) is 82.4. The molecule has 22 rings (SSSR count). The van der Waals surface area contributed by atoms with Crippen molar-refractivity contribution in [1.29, 1.82) is 0 Å². The first-order valence-electron chi connectivity index (χ1n) is 47.7. The Morgan fingerprint density at radius 1 is 0.320 bits per heavy atom. The second-order valence-corrected chi connectivity index (χ2v) is 37.6. The van der Waals surface area contributed by atoms with E-state index in [2.05, 4.69) is 142 Å². The predicted molar refractivity (Wildman–Crippen MR) is 573 cm³/mol. The summed E-state index contributed by atoms with van der Waals surface area (Å²) in [6, 6.07) is 110. The van der Waals surface area contributed by atoms with Crippen molar-refractivity contribution in [2.45, 2.75) is 90.2 Å². The Kier molecular flexibility index (Phi) is 31.4. The van der Waals surface area contributed by atoms with Gasteiger partial charge < -0.3 is 62.7 Å². The van der Waals surface area contributed by atoms with E-state index >= 15 is 0 Å². The van der Waals surface area contributed by atoms with E-state index in [1.54, 1.807) is 182 Å². The molecule has 7 aliphatic rings. The van der Waals surface area contributed by atoms with Gasteiger partial charge in [-0.05, 0) is 283 Å². The van der Waals surface area contributed by atoms with E-state index in [1.165, 1.54) is 95.2 Å². The molecule has 0 heterocycles. The normalized spacial score (nSPS) is 15.1. The van der Waals surface area contributed by atoms with Crippen LogP contribution in [0.4, 0.5) is 0 Å². The molecule has 0 bridgehead atoms.